The van der Waals surface area contributed by atoms with Gasteiger partial charge in [0, 0.05) is 19.7 Å². The van der Waals surface area contributed by atoms with Crippen molar-refractivity contribution in [2.24, 2.45) is 0 Å². The average molecular weight is 297 g/mol. The minimum absolute atomic E-state index is 0.258. The zero-order valence-electron chi connectivity index (χ0n) is 12.8. The Kier molecular flexibility index (Phi) is 9.82. The molecule has 0 saturated carbocycles. The van der Waals surface area contributed by atoms with E-state index in [2.05, 4.69) is 12.2 Å². The van der Waals surface area contributed by atoms with Crippen LogP contribution in [0.3, 0.4) is 0 Å². The molecule has 1 rings (SSSR count). The number of nitrogens with one attached hydrogen (secondary N) is 1. The van der Waals surface area contributed by atoms with Gasteiger partial charge in [-0.25, -0.2) is 0 Å². The highest BCUT2D eigenvalue weighted by atomic mass is 16.5. The van der Waals surface area contributed by atoms with Gasteiger partial charge in [-0.05, 0) is 24.1 Å². The minimum Gasteiger partial charge on any atom is -0.508 e. The Hall–Kier alpha value is -1.14. The molecule has 0 heterocycles. The predicted molar refractivity (Wildman–Crippen MR) is 82.4 cm³/mol. The van der Waals surface area contributed by atoms with E-state index in [1.54, 1.807) is 12.1 Å². The third-order valence-electron chi connectivity index (χ3n) is 2.97. The monoisotopic (exact) mass is 297 g/mol. The van der Waals surface area contributed by atoms with Gasteiger partial charge in [0.25, 0.3) is 0 Å². The Bertz CT molecular complexity index is 356. The van der Waals surface area contributed by atoms with Gasteiger partial charge in [0.2, 0.25) is 0 Å². The van der Waals surface area contributed by atoms with Crippen molar-refractivity contribution < 1.29 is 19.7 Å². The summed E-state index contributed by atoms with van der Waals surface area (Å²) in [6.07, 6.45) is 1.67. The highest BCUT2D eigenvalue weighted by Gasteiger charge is 2.03. The van der Waals surface area contributed by atoms with Crippen molar-refractivity contribution in [2.75, 3.05) is 33.0 Å². The fraction of sp³-hybridized carbons (Fsp3) is 0.625. The predicted octanol–water partition coefficient (Wildman–Crippen LogP) is 1.68. The number of phenols is 1. The molecule has 21 heavy (non-hydrogen) atoms. The molecule has 120 valence electrons. The zero-order chi connectivity index (χ0) is 15.3. The van der Waals surface area contributed by atoms with Gasteiger partial charge < -0.3 is 25.0 Å². The fourth-order valence-electron chi connectivity index (χ4n) is 1.74. The molecule has 5 nitrogen and oxygen atoms in total. The summed E-state index contributed by atoms with van der Waals surface area (Å²) in [5.74, 6) is 0.258. The second-order valence-corrected chi connectivity index (χ2v) is 4.99. The number of rotatable bonds is 12. The van der Waals surface area contributed by atoms with Crippen molar-refractivity contribution in [3.05, 3.63) is 29.8 Å². The average Bonchev–Trinajstić information content (AvgIpc) is 2.48. The van der Waals surface area contributed by atoms with E-state index in [0.29, 0.717) is 32.9 Å². The van der Waals surface area contributed by atoms with Gasteiger partial charge in [0.1, 0.15) is 5.75 Å². The van der Waals surface area contributed by atoms with Gasteiger partial charge in [-0.1, -0.05) is 25.5 Å². The Morgan fingerprint density at radius 2 is 1.81 bits per heavy atom. The quantitative estimate of drug-likeness (QED) is 0.512. The van der Waals surface area contributed by atoms with Crippen LogP contribution >= 0.6 is 0 Å². The van der Waals surface area contributed by atoms with Crippen LogP contribution in [-0.2, 0) is 16.0 Å². The van der Waals surface area contributed by atoms with Crippen molar-refractivity contribution >= 4 is 0 Å². The Morgan fingerprint density at radius 1 is 1.10 bits per heavy atom. The first-order valence-electron chi connectivity index (χ1n) is 7.54. The van der Waals surface area contributed by atoms with E-state index in [1.807, 2.05) is 12.1 Å². The largest absolute Gasteiger partial charge is 0.508 e. The Balaban J connectivity index is 1.96. The fourth-order valence-corrected chi connectivity index (χ4v) is 1.74. The summed E-state index contributed by atoms with van der Waals surface area (Å²) in [4.78, 5) is 0. The standard InChI is InChI=1S/C16H27NO4/c1-2-3-8-20-9-10-21-13-16(19)12-17-11-14-4-6-15(18)7-5-14/h4-7,16-19H,2-3,8-13H2,1H3. The summed E-state index contributed by atoms with van der Waals surface area (Å²) < 4.78 is 10.7. The molecule has 0 aliphatic rings. The molecule has 0 aromatic heterocycles. The van der Waals surface area contributed by atoms with Crippen LogP contribution in [0.2, 0.25) is 0 Å². The van der Waals surface area contributed by atoms with Crippen molar-refractivity contribution in [3.63, 3.8) is 0 Å². The maximum Gasteiger partial charge on any atom is 0.115 e. The molecule has 0 aliphatic heterocycles. The van der Waals surface area contributed by atoms with Crippen LogP contribution in [0.4, 0.5) is 0 Å². The molecule has 0 amide bonds. The summed E-state index contributed by atoms with van der Waals surface area (Å²) in [6.45, 7) is 5.42. The van der Waals surface area contributed by atoms with Crippen LogP contribution in [0.1, 0.15) is 25.3 Å². The summed E-state index contributed by atoms with van der Waals surface area (Å²) >= 11 is 0. The van der Waals surface area contributed by atoms with E-state index in [1.165, 1.54) is 0 Å². The minimum atomic E-state index is -0.530. The molecular weight excluding hydrogens is 270 g/mol. The summed E-state index contributed by atoms with van der Waals surface area (Å²) in [7, 11) is 0. The Morgan fingerprint density at radius 3 is 2.52 bits per heavy atom. The number of benzene rings is 1. The lowest BCUT2D eigenvalue weighted by molar-refractivity contribution is 0.00385. The van der Waals surface area contributed by atoms with Crippen LogP contribution in [0, 0.1) is 0 Å². The molecule has 0 saturated heterocycles. The van der Waals surface area contributed by atoms with E-state index in [-0.39, 0.29) is 5.75 Å². The number of phenolic OH excluding ortho intramolecular Hbond substituents is 1. The smallest absolute Gasteiger partial charge is 0.115 e. The molecule has 0 bridgehead atoms. The number of aromatic hydroxyl groups is 1. The molecule has 1 unspecified atom stereocenters. The maximum absolute atomic E-state index is 9.74. The Labute approximate surface area is 126 Å². The number of unbranched alkanes of at least 4 members (excludes halogenated alkanes) is 1. The van der Waals surface area contributed by atoms with E-state index in [4.69, 9.17) is 9.47 Å². The third kappa shape index (κ3) is 9.42. The number of hydrogen-bond donors (Lipinski definition) is 3. The van der Waals surface area contributed by atoms with Gasteiger partial charge >= 0.3 is 0 Å². The third-order valence-corrected chi connectivity index (χ3v) is 2.97. The molecule has 0 fully saturated rings. The number of aliphatic hydroxyl groups is 1. The van der Waals surface area contributed by atoms with Crippen molar-refractivity contribution in [3.8, 4) is 5.75 Å². The lowest BCUT2D eigenvalue weighted by atomic mass is 10.2. The summed E-state index contributed by atoms with van der Waals surface area (Å²) in [6, 6.07) is 6.99. The second-order valence-electron chi connectivity index (χ2n) is 4.99. The highest BCUT2D eigenvalue weighted by molar-refractivity contribution is 5.25. The lowest BCUT2D eigenvalue weighted by Gasteiger charge is -2.12. The lowest BCUT2D eigenvalue weighted by Crippen LogP contribution is -2.30. The maximum atomic E-state index is 9.74. The topological polar surface area (TPSA) is 71.0 Å². The first kappa shape index (κ1) is 17.9. The van der Waals surface area contributed by atoms with Crippen molar-refractivity contribution in [1.29, 1.82) is 0 Å². The molecule has 1 aromatic carbocycles. The van der Waals surface area contributed by atoms with E-state index in [9.17, 15) is 10.2 Å². The molecule has 0 aliphatic carbocycles. The van der Waals surface area contributed by atoms with E-state index < -0.39 is 6.10 Å². The van der Waals surface area contributed by atoms with Gasteiger partial charge in [0.05, 0.1) is 25.9 Å². The number of hydrogen-bond acceptors (Lipinski definition) is 5. The van der Waals surface area contributed by atoms with Crippen molar-refractivity contribution in [1.82, 2.24) is 5.32 Å². The SMILES string of the molecule is CCCCOCCOCC(O)CNCc1ccc(O)cc1. The van der Waals surface area contributed by atoms with Crippen molar-refractivity contribution in [2.45, 2.75) is 32.4 Å². The molecule has 0 spiro atoms. The first-order valence-corrected chi connectivity index (χ1v) is 7.54. The molecule has 5 heteroatoms. The van der Waals surface area contributed by atoms with Gasteiger partial charge in [0.15, 0.2) is 0 Å². The first-order chi connectivity index (χ1) is 10.2. The molecular formula is C16H27NO4. The normalized spacial score (nSPS) is 12.5. The number of ether oxygens (including phenoxy) is 2. The second kappa shape index (κ2) is 11.5. The van der Waals surface area contributed by atoms with E-state index >= 15 is 0 Å². The number of aliphatic hydroxyl groups excluding tert-OH is 1. The van der Waals surface area contributed by atoms with Gasteiger partial charge in [-0.15, -0.1) is 0 Å². The van der Waals surface area contributed by atoms with Gasteiger partial charge in [-0.2, -0.15) is 0 Å². The zero-order valence-corrected chi connectivity index (χ0v) is 12.8. The molecule has 1 aromatic rings. The molecule has 0 radical (unpaired) electrons. The van der Waals surface area contributed by atoms with Crippen LogP contribution in [-0.4, -0.2) is 49.3 Å². The summed E-state index contributed by atoms with van der Waals surface area (Å²) in [5.41, 5.74) is 1.06. The van der Waals surface area contributed by atoms with Crippen LogP contribution < -0.4 is 5.32 Å². The van der Waals surface area contributed by atoms with Crippen LogP contribution in [0.25, 0.3) is 0 Å². The molecule has 1 atom stereocenters. The summed E-state index contributed by atoms with van der Waals surface area (Å²) in [5, 5.41) is 22.1. The van der Waals surface area contributed by atoms with E-state index in [0.717, 1.165) is 25.0 Å². The molecule has 3 N–H and O–H groups in total. The van der Waals surface area contributed by atoms with Gasteiger partial charge in [-0.3, -0.25) is 0 Å². The van der Waals surface area contributed by atoms with Crippen LogP contribution in [0.15, 0.2) is 24.3 Å². The highest BCUT2D eigenvalue weighted by Crippen LogP contribution is 2.09. The van der Waals surface area contributed by atoms with Crippen LogP contribution in [0.5, 0.6) is 5.75 Å².